The van der Waals surface area contributed by atoms with E-state index in [1.807, 2.05) is 54.6 Å². The first-order valence-electron chi connectivity index (χ1n) is 16.0. The van der Waals surface area contributed by atoms with Crippen LogP contribution >= 0.6 is 0 Å². The van der Waals surface area contributed by atoms with Gasteiger partial charge in [0.1, 0.15) is 30.5 Å². The Bertz CT molecular complexity index is 1190. The Morgan fingerprint density at radius 1 is 0.826 bits per heavy atom. The molecule has 2 aromatic carbocycles. The summed E-state index contributed by atoms with van der Waals surface area (Å²) in [6.45, 7) is 18.4. The minimum absolute atomic E-state index is 0.0392. The summed E-state index contributed by atoms with van der Waals surface area (Å²) in [6, 6.07) is 17.2. The van der Waals surface area contributed by atoms with E-state index in [4.69, 9.17) is 28.1 Å². The highest BCUT2D eigenvalue weighted by Crippen LogP contribution is 2.37. The molecule has 2 aromatic rings. The van der Waals surface area contributed by atoms with Gasteiger partial charge in [-0.05, 0) is 69.1 Å². The van der Waals surface area contributed by atoms with Gasteiger partial charge < -0.3 is 33.2 Å². The lowest BCUT2D eigenvalue weighted by Crippen LogP contribution is -2.45. The number of Topliss-reactive ketones (excluding diaryl/α,β-unsaturated/α-hetero) is 1. The fourth-order valence-corrected chi connectivity index (χ4v) is 5.00. The molecule has 4 atom stereocenters. The van der Waals surface area contributed by atoms with E-state index >= 15 is 0 Å². The van der Waals surface area contributed by atoms with Gasteiger partial charge in [0.05, 0.1) is 44.6 Å². The molecule has 0 heterocycles. The number of ketones is 1. The zero-order valence-corrected chi connectivity index (χ0v) is 30.5. The second-order valence-corrected chi connectivity index (χ2v) is 19.1. The minimum atomic E-state index is -2.17. The minimum Gasteiger partial charge on any atom is -0.497 e. The molecular formula is C36H56O9Si. The Morgan fingerprint density at radius 3 is 2.00 bits per heavy atom. The van der Waals surface area contributed by atoms with Gasteiger partial charge in [0, 0.05) is 12.8 Å². The van der Waals surface area contributed by atoms with Gasteiger partial charge >= 0.3 is 5.97 Å². The average molecular weight is 661 g/mol. The van der Waals surface area contributed by atoms with Crippen molar-refractivity contribution in [1.82, 2.24) is 0 Å². The van der Waals surface area contributed by atoms with E-state index in [1.165, 1.54) is 0 Å². The molecule has 0 saturated heterocycles. The molecular weight excluding hydrogens is 604 g/mol. The summed E-state index contributed by atoms with van der Waals surface area (Å²) in [7, 11) is -0.562. The maximum atomic E-state index is 13.4. The molecule has 0 aliphatic carbocycles. The van der Waals surface area contributed by atoms with Crippen molar-refractivity contribution < 1.29 is 42.8 Å². The third kappa shape index (κ3) is 13.6. The molecule has 0 radical (unpaired) electrons. The topological polar surface area (TPSA) is 110 Å². The molecule has 46 heavy (non-hydrogen) atoms. The predicted octanol–water partition coefficient (Wildman–Crippen LogP) is 6.85. The molecule has 0 unspecified atom stereocenters. The van der Waals surface area contributed by atoms with Crippen molar-refractivity contribution in [3.8, 4) is 5.75 Å². The van der Waals surface area contributed by atoms with Crippen LogP contribution < -0.4 is 4.74 Å². The molecule has 0 aliphatic rings. The van der Waals surface area contributed by atoms with Crippen LogP contribution in [0.2, 0.25) is 18.1 Å². The highest BCUT2D eigenvalue weighted by molar-refractivity contribution is 6.74. The lowest BCUT2D eigenvalue weighted by Gasteiger charge is -2.37. The Labute approximate surface area is 277 Å². The molecule has 2 rings (SSSR count). The Kier molecular flexibility index (Phi) is 15.6. The maximum Gasteiger partial charge on any atom is 0.311 e. The van der Waals surface area contributed by atoms with E-state index in [9.17, 15) is 14.7 Å². The smallest absolute Gasteiger partial charge is 0.311 e. The lowest BCUT2D eigenvalue weighted by atomic mass is 9.96. The number of aliphatic hydroxyl groups excluding tert-OH is 1. The largest absolute Gasteiger partial charge is 0.497 e. The number of rotatable bonds is 19. The molecule has 1 N–H and O–H groups in total. The van der Waals surface area contributed by atoms with Crippen LogP contribution in [0.5, 0.6) is 5.75 Å². The average Bonchev–Trinajstić information content (AvgIpc) is 2.98. The summed E-state index contributed by atoms with van der Waals surface area (Å²) in [5, 5.41) is 11.3. The number of ether oxygens (including phenoxy) is 5. The highest BCUT2D eigenvalue weighted by atomic mass is 28.4. The summed E-state index contributed by atoms with van der Waals surface area (Å²) in [5.41, 5.74) is 1.12. The van der Waals surface area contributed by atoms with Crippen molar-refractivity contribution in [2.75, 3.05) is 20.5 Å². The van der Waals surface area contributed by atoms with Gasteiger partial charge in [-0.3, -0.25) is 9.59 Å². The van der Waals surface area contributed by atoms with Crippen LogP contribution in [0.4, 0.5) is 0 Å². The van der Waals surface area contributed by atoms with Crippen molar-refractivity contribution in [2.24, 2.45) is 5.41 Å². The molecule has 10 heteroatoms. The third-order valence-corrected chi connectivity index (χ3v) is 12.8. The van der Waals surface area contributed by atoms with Crippen molar-refractivity contribution in [3.63, 3.8) is 0 Å². The fraction of sp³-hybridized carbons (Fsp3) is 0.611. The molecule has 0 aromatic heterocycles. The van der Waals surface area contributed by atoms with Gasteiger partial charge in [0.2, 0.25) is 0 Å². The third-order valence-electron chi connectivity index (χ3n) is 8.25. The molecule has 0 saturated carbocycles. The molecule has 0 amide bonds. The van der Waals surface area contributed by atoms with Crippen LogP contribution in [-0.4, -0.2) is 70.1 Å². The first kappa shape index (κ1) is 39.6. The van der Waals surface area contributed by atoms with E-state index in [0.29, 0.717) is 6.61 Å². The number of carbonyl (C=O) groups excluding carboxylic acids is 2. The number of carbonyl (C=O) groups is 2. The van der Waals surface area contributed by atoms with Gasteiger partial charge in [-0.15, -0.1) is 0 Å². The number of hydrogen-bond acceptors (Lipinski definition) is 9. The molecule has 9 nitrogen and oxygen atoms in total. The zero-order chi connectivity index (χ0) is 34.5. The first-order valence-corrected chi connectivity index (χ1v) is 18.9. The van der Waals surface area contributed by atoms with Crippen LogP contribution in [-0.2, 0) is 46.2 Å². The van der Waals surface area contributed by atoms with E-state index in [-0.39, 0.29) is 43.7 Å². The van der Waals surface area contributed by atoms with Crippen molar-refractivity contribution in [1.29, 1.82) is 0 Å². The second kappa shape index (κ2) is 18.1. The van der Waals surface area contributed by atoms with E-state index in [1.54, 1.807) is 34.8 Å². The second-order valence-electron chi connectivity index (χ2n) is 14.3. The normalized spacial score (nSPS) is 15.1. The van der Waals surface area contributed by atoms with Gasteiger partial charge in [0.25, 0.3) is 0 Å². The molecule has 0 aliphatic heterocycles. The number of hydrogen-bond donors (Lipinski definition) is 1. The monoisotopic (exact) mass is 660 g/mol. The van der Waals surface area contributed by atoms with E-state index < -0.39 is 44.1 Å². The predicted molar refractivity (Wildman–Crippen MR) is 181 cm³/mol. The fourth-order valence-electron chi connectivity index (χ4n) is 3.99. The van der Waals surface area contributed by atoms with Crippen molar-refractivity contribution in [3.05, 3.63) is 65.7 Å². The molecule has 0 spiro atoms. The first-order chi connectivity index (χ1) is 21.4. The van der Waals surface area contributed by atoms with Gasteiger partial charge in [0.15, 0.2) is 8.32 Å². The molecule has 0 fully saturated rings. The van der Waals surface area contributed by atoms with E-state index in [0.717, 1.165) is 16.9 Å². The Morgan fingerprint density at radius 2 is 1.43 bits per heavy atom. The van der Waals surface area contributed by atoms with Crippen LogP contribution in [0.15, 0.2) is 54.6 Å². The molecule has 0 bridgehead atoms. The standard InChI is InChI=1S/C36H56O9Si/c1-26(43-25-41-22-27-14-12-11-13-15-27)32(45-34(39)35(2,3)4)21-29(37)20-31(38)33(24-44-46(9,10)36(5,6)7)42-23-28-16-18-30(40-8)19-17-28/h11-19,26,31-33,38H,20-25H2,1-10H3/t26-,31-,32-,33-/m1/s1. The van der Waals surface area contributed by atoms with Crippen LogP contribution in [0.3, 0.4) is 0 Å². The SMILES string of the molecule is COc1ccc(CO[C@H](CO[Si](C)(C)C(C)(C)C)[C@H](O)CC(=O)C[C@@H](OC(=O)C(C)(C)C)[C@@H](C)OCOCc2ccccc2)cc1. The van der Waals surface area contributed by atoms with Gasteiger partial charge in [-0.2, -0.15) is 0 Å². The number of methoxy groups -OCH3 is 1. The van der Waals surface area contributed by atoms with Crippen LogP contribution in [0.25, 0.3) is 0 Å². The summed E-state index contributed by atoms with van der Waals surface area (Å²) in [6.07, 6.45) is -3.72. The van der Waals surface area contributed by atoms with Crippen molar-refractivity contribution in [2.45, 2.75) is 117 Å². The lowest BCUT2D eigenvalue weighted by molar-refractivity contribution is -0.176. The van der Waals surface area contributed by atoms with E-state index in [2.05, 4.69) is 33.9 Å². The summed E-state index contributed by atoms with van der Waals surface area (Å²) in [5.74, 6) is -0.00455. The molecule has 258 valence electrons. The van der Waals surface area contributed by atoms with Crippen LogP contribution in [0, 0.1) is 5.41 Å². The highest BCUT2D eigenvalue weighted by Gasteiger charge is 2.39. The van der Waals surface area contributed by atoms with Crippen molar-refractivity contribution >= 4 is 20.1 Å². The Balaban J connectivity index is 2.10. The summed E-state index contributed by atoms with van der Waals surface area (Å²) in [4.78, 5) is 26.2. The quantitative estimate of drug-likeness (QED) is 0.0749. The summed E-state index contributed by atoms with van der Waals surface area (Å²) < 4.78 is 35.1. The zero-order valence-electron chi connectivity index (χ0n) is 29.5. The maximum absolute atomic E-state index is 13.4. The van der Waals surface area contributed by atoms with Crippen LogP contribution in [0.1, 0.15) is 72.4 Å². The number of benzene rings is 2. The summed E-state index contributed by atoms with van der Waals surface area (Å²) >= 11 is 0. The van der Waals surface area contributed by atoms with Gasteiger partial charge in [-0.1, -0.05) is 63.2 Å². The number of esters is 1. The van der Waals surface area contributed by atoms with Gasteiger partial charge in [-0.25, -0.2) is 0 Å². The number of aliphatic hydroxyl groups is 1. The Hall–Kier alpha value is -2.60.